The van der Waals surface area contributed by atoms with Crippen LogP contribution in [0.1, 0.15) is 50.4 Å². The number of nitrogens with one attached hydrogen (secondary N) is 2. The van der Waals surface area contributed by atoms with Crippen LogP contribution in [-0.4, -0.2) is 23.2 Å². The smallest absolute Gasteiger partial charge is 0.352 e. The monoisotopic (exact) mass is 378 g/mol. The van der Waals surface area contributed by atoms with Crippen LogP contribution < -0.4 is 10.9 Å². The number of pyridine rings is 1. The molecule has 0 saturated heterocycles. The van der Waals surface area contributed by atoms with Crippen LogP contribution in [-0.2, 0) is 19.0 Å². The molecule has 1 aromatic carbocycles. The standard InChI is InChI=1S/C19H17F3N2O3/c20-19(21,22)14-5-2-1-4-11(14)8-9-23-17(26)13-10-12-15(24-18(13)27)6-3-7-16(12)25/h1-2,4-5,10H,3,6-9H2,(H,23,26)(H,24,27). The molecule has 1 amide bonds. The number of fused-ring (bicyclic) bond motifs is 1. The summed E-state index contributed by atoms with van der Waals surface area (Å²) in [5.41, 5.74) is -0.679. The molecule has 3 rings (SSSR count). The average Bonchev–Trinajstić information content (AvgIpc) is 2.61. The first kappa shape index (κ1) is 18.9. The van der Waals surface area contributed by atoms with E-state index < -0.39 is 23.2 Å². The maximum Gasteiger partial charge on any atom is 0.416 e. The van der Waals surface area contributed by atoms with E-state index in [-0.39, 0.29) is 29.9 Å². The third-order valence-corrected chi connectivity index (χ3v) is 4.50. The molecular formula is C19H17F3N2O3. The lowest BCUT2D eigenvalue weighted by Gasteiger charge is -2.15. The van der Waals surface area contributed by atoms with Gasteiger partial charge in [0.2, 0.25) is 0 Å². The molecule has 1 aliphatic carbocycles. The number of halogens is 3. The van der Waals surface area contributed by atoms with Gasteiger partial charge in [-0.3, -0.25) is 14.4 Å². The molecule has 0 aliphatic heterocycles. The molecule has 0 bridgehead atoms. The van der Waals surface area contributed by atoms with E-state index in [1.54, 1.807) is 0 Å². The van der Waals surface area contributed by atoms with Crippen LogP contribution in [0.15, 0.2) is 35.1 Å². The lowest BCUT2D eigenvalue weighted by atomic mass is 9.93. The highest BCUT2D eigenvalue weighted by Crippen LogP contribution is 2.31. The number of H-pyrrole nitrogens is 1. The Morgan fingerprint density at radius 2 is 1.89 bits per heavy atom. The maximum absolute atomic E-state index is 13.0. The molecular weight excluding hydrogens is 361 g/mol. The average molecular weight is 378 g/mol. The summed E-state index contributed by atoms with van der Waals surface area (Å²) in [6.45, 7) is -0.0730. The van der Waals surface area contributed by atoms with Crippen LogP contribution in [0.4, 0.5) is 13.2 Å². The molecule has 0 radical (unpaired) electrons. The van der Waals surface area contributed by atoms with Crippen LogP contribution in [0.5, 0.6) is 0 Å². The fourth-order valence-electron chi connectivity index (χ4n) is 3.16. The Bertz CT molecular complexity index is 948. The fourth-order valence-corrected chi connectivity index (χ4v) is 3.16. The van der Waals surface area contributed by atoms with Gasteiger partial charge in [0, 0.05) is 24.2 Å². The quantitative estimate of drug-likeness (QED) is 0.859. The number of rotatable bonds is 4. The molecule has 2 N–H and O–H groups in total. The van der Waals surface area contributed by atoms with Gasteiger partial charge in [-0.25, -0.2) is 0 Å². The van der Waals surface area contributed by atoms with Crippen molar-refractivity contribution in [3.8, 4) is 0 Å². The number of hydrogen-bond donors (Lipinski definition) is 2. The number of aryl methyl sites for hydroxylation is 1. The molecule has 1 aliphatic rings. The zero-order chi connectivity index (χ0) is 19.6. The van der Waals surface area contributed by atoms with Gasteiger partial charge in [0.15, 0.2) is 5.78 Å². The number of hydrogen-bond acceptors (Lipinski definition) is 3. The molecule has 1 aromatic heterocycles. The molecule has 0 atom stereocenters. The molecule has 0 spiro atoms. The first-order chi connectivity index (χ1) is 12.8. The number of benzene rings is 1. The number of ketones is 1. The molecule has 1 heterocycles. The largest absolute Gasteiger partial charge is 0.416 e. The summed E-state index contributed by atoms with van der Waals surface area (Å²) < 4.78 is 39.0. The minimum Gasteiger partial charge on any atom is -0.352 e. The molecule has 0 fully saturated rings. The van der Waals surface area contributed by atoms with Gasteiger partial charge in [-0.05, 0) is 37.0 Å². The van der Waals surface area contributed by atoms with Crippen molar-refractivity contribution in [1.82, 2.24) is 10.3 Å². The van der Waals surface area contributed by atoms with Gasteiger partial charge < -0.3 is 10.3 Å². The number of alkyl halides is 3. The van der Waals surface area contributed by atoms with Gasteiger partial charge in [0.25, 0.3) is 11.5 Å². The van der Waals surface area contributed by atoms with Crippen LogP contribution in [0.25, 0.3) is 0 Å². The highest BCUT2D eigenvalue weighted by molar-refractivity contribution is 6.01. The summed E-state index contributed by atoms with van der Waals surface area (Å²) in [5, 5.41) is 2.45. The van der Waals surface area contributed by atoms with Gasteiger partial charge in [0.05, 0.1) is 5.56 Å². The third-order valence-electron chi connectivity index (χ3n) is 4.50. The van der Waals surface area contributed by atoms with Crippen molar-refractivity contribution in [2.45, 2.75) is 31.9 Å². The fraction of sp³-hybridized carbons (Fsp3) is 0.316. The Balaban J connectivity index is 1.72. The van der Waals surface area contributed by atoms with Gasteiger partial charge in [-0.2, -0.15) is 13.2 Å². The summed E-state index contributed by atoms with van der Waals surface area (Å²) in [4.78, 5) is 38.8. The van der Waals surface area contributed by atoms with Crippen molar-refractivity contribution in [3.05, 3.63) is 68.6 Å². The Morgan fingerprint density at radius 1 is 1.15 bits per heavy atom. The zero-order valence-corrected chi connectivity index (χ0v) is 14.3. The Labute approximate surface area is 152 Å². The SMILES string of the molecule is O=C1CCCc2[nH]c(=O)c(C(=O)NCCc3ccccc3C(F)(F)F)cc21. The van der Waals surface area contributed by atoms with E-state index in [4.69, 9.17) is 0 Å². The zero-order valence-electron chi connectivity index (χ0n) is 14.3. The van der Waals surface area contributed by atoms with E-state index in [0.717, 1.165) is 6.07 Å². The van der Waals surface area contributed by atoms with Crippen LogP contribution in [0.3, 0.4) is 0 Å². The second kappa shape index (κ2) is 7.38. The number of carbonyl (C=O) groups excluding carboxylic acids is 2. The van der Waals surface area contributed by atoms with E-state index in [1.165, 1.54) is 24.3 Å². The number of Topliss-reactive ketones (excluding diaryl/α,β-unsaturated/α-hetero) is 1. The minimum absolute atomic E-state index is 0.0385. The molecule has 5 nitrogen and oxygen atoms in total. The summed E-state index contributed by atoms with van der Waals surface area (Å²) in [5.74, 6) is -0.859. The first-order valence-electron chi connectivity index (χ1n) is 8.50. The van der Waals surface area contributed by atoms with Crippen molar-refractivity contribution in [2.24, 2.45) is 0 Å². The number of carbonyl (C=O) groups is 2. The maximum atomic E-state index is 13.0. The summed E-state index contributed by atoms with van der Waals surface area (Å²) >= 11 is 0. The topological polar surface area (TPSA) is 79.0 Å². The van der Waals surface area contributed by atoms with Crippen molar-refractivity contribution >= 4 is 11.7 Å². The van der Waals surface area contributed by atoms with Gasteiger partial charge in [0.1, 0.15) is 5.56 Å². The van der Waals surface area contributed by atoms with Crippen molar-refractivity contribution in [3.63, 3.8) is 0 Å². The van der Waals surface area contributed by atoms with E-state index in [0.29, 0.717) is 30.5 Å². The lowest BCUT2D eigenvalue weighted by molar-refractivity contribution is -0.138. The Hall–Kier alpha value is -2.90. The predicted octanol–water partition coefficient (Wildman–Crippen LogP) is 2.89. The van der Waals surface area contributed by atoms with Crippen LogP contribution in [0.2, 0.25) is 0 Å². The Morgan fingerprint density at radius 3 is 2.63 bits per heavy atom. The van der Waals surface area contributed by atoms with Gasteiger partial charge >= 0.3 is 6.18 Å². The van der Waals surface area contributed by atoms with Gasteiger partial charge in [-0.15, -0.1) is 0 Å². The number of aromatic nitrogens is 1. The second-order valence-electron chi connectivity index (χ2n) is 6.34. The van der Waals surface area contributed by atoms with Crippen molar-refractivity contribution in [2.75, 3.05) is 6.54 Å². The van der Waals surface area contributed by atoms with Crippen molar-refractivity contribution in [1.29, 1.82) is 0 Å². The molecule has 0 unspecified atom stereocenters. The highest BCUT2D eigenvalue weighted by atomic mass is 19.4. The van der Waals surface area contributed by atoms with E-state index in [1.807, 2.05) is 0 Å². The summed E-state index contributed by atoms with van der Waals surface area (Å²) in [6.07, 6.45) is -2.95. The third kappa shape index (κ3) is 4.10. The molecule has 27 heavy (non-hydrogen) atoms. The highest BCUT2D eigenvalue weighted by Gasteiger charge is 2.32. The molecule has 2 aromatic rings. The molecule has 142 valence electrons. The first-order valence-corrected chi connectivity index (χ1v) is 8.50. The number of aromatic amines is 1. The second-order valence-corrected chi connectivity index (χ2v) is 6.34. The van der Waals surface area contributed by atoms with Crippen LogP contribution >= 0.6 is 0 Å². The van der Waals surface area contributed by atoms with E-state index in [2.05, 4.69) is 10.3 Å². The van der Waals surface area contributed by atoms with E-state index in [9.17, 15) is 27.6 Å². The van der Waals surface area contributed by atoms with Crippen molar-refractivity contribution < 1.29 is 22.8 Å². The predicted molar refractivity (Wildman–Crippen MR) is 91.8 cm³/mol. The minimum atomic E-state index is -4.48. The van der Waals surface area contributed by atoms with E-state index >= 15 is 0 Å². The Kier molecular flexibility index (Phi) is 5.16. The molecule has 8 heteroatoms. The summed E-state index contributed by atoms with van der Waals surface area (Å²) in [7, 11) is 0. The van der Waals surface area contributed by atoms with Crippen LogP contribution in [0, 0.1) is 0 Å². The lowest BCUT2D eigenvalue weighted by Crippen LogP contribution is -2.33. The van der Waals surface area contributed by atoms with Gasteiger partial charge in [-0.1, -0.05) is 18.2 Å². The normalized spacial score (nSPS) is 14.0. The summed E-state index contributed by atoms with van der Waals surface area (Å²) in [6, 6.07) is 6.39. The molecule has 0 saturated carbocycles. The number of amides is 1.